The summed E-state index contributed by atoms with van der Waals surface area (Å²) in [6, 6.07) is 13.4. The minimum absolute atomic E-state index is 0.217. The predicted molar refractivity (Wildman–Crippen MR) is 80.3 cm³/mol. The average molecular weight is 285 g/mol. The van der Waals surface area contributed by atoms with Gasteiger partial charge in [-0.3, -0.25) is 4.79 Å². The van der Waals surface area contributed by atoms with Crippen LogP contribution in [0.25, 0.3) is 6.08 Å². The summed E-state index contributed by atoms with van der Waals surface area (Å²) in [6.07, 6.45) is 3.14. The van der Waals surface area contributed by atoms with E-state index in [2.05, 4.69) is 5.32 Å². The SMILES string of the molecule is COc1ccccc1C=CC(=O)NCc1ccc(F)cc1. The molecule has 108 valence electrons. The second-order valence-corrected chi connectivity index (χ2v) is 4.42. The zero-order valence-corrected chi connectivity index (χ0v) is 11.7. The van der Waals surface area contributed by atoms with Gasteiger partial charge in [0.15, 0.2) is 0 Å². The van der Waals surface area contributed by atoms with E-state index in [0.717, 1.165) is 11.1 Å². The van der Waals surface area contributed by atoms with E-state index in [0.29, 0.717) is 12.3 Å². The van der Waals surface area contributed by atoms with E-state index >= 15 is 0 Å². The van der Waals surface area contributed by atoms with Gasteiger partial charge in [-0.2, -0.15) is 0 Å². The lowest BCUT2D eigenvalue weighted by Gasteiger charge is -2.04. The Balaban J connectivity index is 1.92. The van der Waals surface area contributed by atoms with Crippen molar-refractivity contribution in [3.05, 3.63) is 71.6 Å². The highest BCUT2D eigenvalue weighted by Gasteiger charge is 2.00. The van der Waals surface area contributed by atoms with Gasteiger partial charge in [-0.1, -0.05) is 30.3 Å². The number of para-hydroxylation sites is 1. The third-order valence-electron chi connectivity index (χ3n) is 2.93. The van der Waals surface area contributed by atoms with Crippen LogP contribution in [0.3, 0.4) is 0 Å². The minimum atomic E-state index is -0.291. The van der Waals surface area contributed by atoms with E-state index in [1.807, 2.05) is 24.3 Å². The molecule has 1 N–H and O–H groups in total. The van der Waals surface area contributed by atoms with Gasteiger partial charge >= 0.3 is 0 Å². The lowest BCUT2D eigenvalue weighted by molar-refractivity contribution is -0.116. The Morgan fingerprint density at radius 1 is 1.19 bits per heavy atom. The van der Waals surface area contributed by atoms with Crippen LogP contribution >= 0.6 is 0 Å². The first kappa shape index (κ1) is 14.8. The molecule has 0 radical (unpaired) electrons. The monoisotopic (exact) mass is 285 g/mol. The molecule has 3 nitrogen and oxygen atoms in total. The molecule has 21 heavy (non-hydrogen) atoms. The quantitative estimate of drug-likeness (QED) is 0.857. The minimum Gasteiger partial charge on any atom is -0.496 e. The van der Waals surface area contributed by atoms with E-state index in [1.54, 1.807) is 25.3 Å². The van der Waals surface area contributed by atoms with Crippen LogP contribution in [0.15, 0.2) is 54.6 Å². The van der Waals surface area contributed by atoms with Gasteiger partial charge < -0.3 is 10.1 Å². The maximum Gasteiger partial charge on any atom is 0.244 e. The topological polar surface area (TPSA) is 38.3 Å². The molecule has 0 atom stereocenters. The third kappa shape index (κ3) is 4.45. The first-order chi connectivity index (χ1) is 10.2. The van der Waals surface area contributed by atoms with Crippen molar-refractivity contribution >= 4 is 12.0 Å². The van der Waals surface area contributed by atoms with E-state index in [9.17, 15) is 9.18 Å². The summed E-state index contributed by atoms with van der Waals surface area (Å²) in [7, 11) is 1.58. The van der Waals surface area contributed by atoms with Gasteiger partial charge in [0.2, 0.25) is 5.91 Å². The first-order valence-electron chi connectivity index (χ1n) is 6.52. The molecule has 0 aromatic heterocycles. The molecule has 0 spiro atoms. The second kappa shape index (κ2) is 7.24. The Labute approximate surface area is 123 Å². The molecule has 2 aromatic rings. The van der Waals surface area contributed by atoms with Crippen molar-refractivity contribution in [3.63, 3.8) is 0 Å². The van der Waals surface area contributed by atoms with Gasteiger partial charge in [0, 0.05) is 18.2 Å². The van der Waals surface area contributed by atoms with Crippen LogP contribution < -0.4 is 10.1 Å². The van der Waals surface area contributed by atoms with E-state index in [4.69, 9.17) is 4.74 Å². The molecule has 0 saturated heterocycles. The van der Waals surface area contributed by atoms with Crippen molar-refractivity contribution in [2.75, 3.05) is 7.11 Å². The Hall–Kier alpha value is -2.62. The molecule has 0 bridgehead atoms. The summed E-state index contributed by atoms with van der Waals surface area (Å²) in [4.78, 5) is 11.7. The van der Waals surface area contributed by atoms with Gasteiger partial charge in [0.25, 0.3) is 0 Å². The number of carbonyl (C=O) groups excluding carboxylic acids is 1. The molecule has 0 aliphatic heterocycles. The largest absolute Gasteiger partial charge is 0.496 e. The molecule has 0 fully saturated rings. The Morgan fingerprint density at radius 2 is 1.90 bits per heavy atom. The molecule has 2 aromatic carbocycles. The molecular formula is C17H16FNO2. The average Bonchev–Trinajstić information content (AvgIpc) is 2.52. The summed E-state index contributed by atoms with van der Waals surface area (Å²) in [5, 5.41) is 2.74. The van der Waals surface area contributed by atoms with Crippen LogP contribution in [0.2, 0.25) is 0 Å². The number of amides is 1. The van der Waals surface area contributed by atoms with Crippen molar-refractivity contribution in [1.82, 2.24) is 5.32 Å². The number of methoxy groups -OCH3 is 1. The molecule has 4 heteroatoms. The van der Waals surface area contributed by atoms with Crippen LogP contribution in [0.5, 0.6) is 5.75 Å². The second-order valence-electron chi connectivity index (χ2n) is 4.42. The molecular weight excluding hydrogens is 269 g/mol. The highest BCUT2D eigenvalue weighted by molar-refractivity contribution is 5.92. The predicted octanol–water partition coefficient (Wildman–Crippen LogP) is 3.16. The van der Waals surface area contributed by atoms with Crippen molar-refractivity contribution in [2.24, 2.45) is 0 Å². The molecule has 2 rings (SSSR count). The standard InChI is InChI=1S/C17H16FNO2/c1-21-16-5-3-2-4-14(16)8-11-17(20)19-12-13-6-9-15(18)10-7-13/h2-11H,12H2,1H3,(H,19,20). The molecule has 0 saturated carbocycles. The number of ether oxygens (including phenoxy) is 1. The van der Waals surface area contributed by atoms with Crippen molar-refractivity contribution in [2.45, 2.75) is 6.54 Å². The summed E-state index contributed by atoms with van der Waals surface area (Å²) < 4.78 is 18.0. The molecule has 0 aliphatic carbocycles. The Morgan fingerprint density at radius 3 is 2.62 bits per heavy atom. The van der Waals surface area contributed by atoms with Crippen LogP contribution in [0, 0.1) is 5.82 Å². The first-order valence-corrected chi connectivity index (χ1v) is 6.52. The molecule has 0 heterocycles. The van der Waals surface area contributed by atoms with E-state index in [-0.39, 0.29) is 11.7 Å². The number of rotatable bonds is 5. The zero-order chi connectivity index (χ0) is 15.1. The van der Waals surface area contributed by atoms with Gasteiger partial charge in [0.05, 0.1) is 7.11 Å². The summed E-state index contributed by atoms with van der Waals surface area (Å²) >= 11 is 0. The molecule has 0 unspecified atom stereocenters. The summed E-state index contributed by atoms with van der Waals surface area (Å²) in [5.74, 6) is 0.200. The Bertz CT molecular complexity index is 635. The highest BCUT2D eigenvalue weighted by atomic mass is 19.1. The van der Waals surface area contributed by atoms with Gasteiger partial charge in [0.1, 0.15) is 11.6 Å². The maximum atomic E-state index is 12.8. The fourth-order valence-electron chi connectivity index (χ4n) is 1.82. The molecule has 0 aliphatic rings. The molecule has 1 amide bonds. The van der Waals surface area contributed by atoms with Crippen LogP contribution in [0.4, 0.5) is 4.39 Å². The fourth-order valence-corrected chi connectivity index (χ4v) is 1.82. The lowest BCUT2D eigenvalue weighted by atomic mass is 10.2. The normalized spacial score (nSPS) is 10.6. The van der Waals surface area contributed by atoms with E-state index in [1.165, 1.54) is 18.2 Å². The highest BCUT2D eigenvalue weighted by Crippen LogP contribution is 2.18. The number of benzene rings is 2. The van der Waals surface area contributed by atoms with Crippen molar-refractivity contribution in [1.29, 1.82) is 0 Å². The lowest BCUT2D eigenvalue weighted by Crippen LogP contribution is -2.20. The van der Waals surface area contributed by atoms with Gasteiger partial charge in [-0.05, 0) is 29.8 Å². The Kier molecular flexibility index (Phi) is 5.10. The summed E-state index contributed by atoms with van der Waals surface area (Å²) in [6.45, 7) is 0.357. The van der Waals surface area contributed by atoms with Crippen LogP contribution in [0.1, 0.15) is 11.1 Å². The van der Waals surface area contributed by atoms with Crippen molar-refractivity contribution in [3.8, 4) is 5.75 Å². The number of halogens is 1. The number of hydrogen-bond acceptors (Lipinski definition) is 2. The van der Waals surface area contributed by atoms with Crippen LogP contribution in [-0.4, -0.2) is 13.0 Å². The smallest absolute Gasteiger partial charge is 0.244 e. The van der Waals surface area contributed by atoms with Gasteiger partial charge in [-0.15, -0.1) is 0 Å². The van der Waals surface area contributed by atoms with E-state index < -0.39 is 0 Å². The van der Waals surface area contributed by atoms with Crippen LogP contribution in [-0.2, 0) is 11.3 Å². The number of carbonyl (C=O) groups is 1. The van der Waals surface area contributed by atoms with Crippen molar-refractivity contribution < 1.29 is 13.9 Å². The zero-order valence-electron chi connectivity index (χ0n) is 11.7. The van der Waals surface area contributed by atoms with Gasteiger partial charge in [-0.25, -0.2) is 4.39 Å². The maximum absolute atomic E-state index is 12.8. The number of nitrogens with one attached hydrogen (secondary N) is 1. The number of hydrogen-bond donors (Lipinski definition) is 1. The fraction of sp³-hybridized carbons (Fsp3) is 0.118. The third-order valence-corrected chi connectivity index (χ3v) is 2.93. The summed E-state index contributed by atoms with van der Waals surface area (Å²) in [5.41, 5.74) is 1.67.